The van der Waals surface area contributed by atoms with Gasteiger partial charge in [-0.2, -0.15) is 9.29 Å². The molecule has 0 bridgehead atoms. The largest absolute Gasteiger partial charge is 0.361 e. The monoisotopic (exact) mass is 362 g/mol. The van der Waals surface area contributed by atoms with E-state index in [1.807, 2.05) is 0 Å². The number of benzene rings is 1. The zero-order valence-corrected chi connectivity index (χ0v) is 14.7. The van der Waals surface area contributed by atoms with Gasteiger partial charge in [-0.25, -0.2) is 8.42 Å². The first-order chi connectivity index (χ1) is 12.0. The summed E-state index contributed by atoms with van der Waals surface area (Å²) in [5.74, 6) is 1.31. The van der Waals surface area contributed by atoms with E-state index in [-0.39, 0.29) is 10.8 Å². The van der Waals surface area contributed by atoms with Crippen LogP contribution in [0, 0.1) is 0 Å². The van der Waals surface area contributed by atoms with Crippen LogP contribution in [0.3, 0.4) is 0 Å². The number of hydrogen-bond donors (Lipinski definition) is 0. The van der Waals surface area contributed by atoms with Gasteiger partial charge in [-0.05, 0) is 18.2 Å². The number of rotatable bonds is 7. The van der Waals surface area contributed by atoms with Gasteiger partial charge in [0.1, 0.15) is 5.76 Å². The number of hydrogen-bond acceptors (Lipinski definition) is 7. The van der Waals surface area contributed by atoms with E-state index < -0.39 is 10.0 Å². The maximum absolute atomic E-state index is 12.6. The fraction of sp³-hybridized carbons (Fsp3) is 0.312. The van der Waals surface area contributed by atoms with Gasteiger partial charge in [0.05, 0.1) is 17.5 Å². The van der Waals surface area contributed by atoms with E-state index >= 15 is 0 Å². The molecule has 3 rings (SSSR count). The molecule has 0 saturated carbocycles. The van der Waals surface area contributed by atoms with Gasteiger partial charge in [0, 0.05) is 24.7 Å². The Bertz CT molecular complexity index is 931. The Hall–Kier alpha value is -2.52. The summed E-state index contributed by atoms with van der Waals surface area (Å²) < 4.78 is 36.9. The molecule has 3 aromatic rings. The van der Waals surface area contributed by atoms with Crippen LogP contribution in [0.15, 0.2) is 50.5 Å². The van der Waals surface area contributed by atoms with Crippen LogP contribution in [0.4, 0.5) is 0 Å². The Balaban J connectivity index is 1.88. The van der Waals surface area contributed by atoms with Gasteiger partial charge in [-0.1, -0.05) is 30.2 Å². The van der Waals surface area contributed by atoms with Crippen LogP contribution < -0.4 is 0 Å². The highest BCUT2D eigenvalue weighted by molar-refractivity contribution is 7.89. The van der Waals surface area contributed by atoms with E-state index in [1.54, 1.807) is 44.2 Å². The molecule has 8 nitrogen and oxygen atoms in total. The van der Waals surface area contributed by atoms with Crippen LogP contribution in [-0.4, -0.2) is 41.1 Å². The number of sulfonamides is 1. The van der Waals surface area contributed by atoms with Crippen LogP contribution >= 0.6 is 0 Å². The average Bonchev–Trinajstić information content (AvgIpc) is 3.28. The molecule has 132 valence electrons. The van der Waals surface area contributed by atoms with Gasteiger partial charge in [-0.15, -0.1) is 0 Å². The Morgan fingerprint density at radius 2 is 1.92 bits per heavy atom. The first-order valence-electron chi connectivity index (χ1n) is 7.87. The van der Waals surface area contributed by atoms with E-state index in [4.69, 9.17) is 9.05 Å². The third-order valence-corrected chi connectivity index (χ3v) is 5.76. The van der Waals surface area contributed by atoms with Crippen LogP contribution in [0.5, 0.6) is 0 Å². The molecule has 0 aliphatic rings. The molecule has 2 heterocycles. The van der Waals surface area contributed by atoms with Crippen LogP contribution in [0.2, 0.25) is 0 Å². The molecular weight excluding hydrogens is 344 g/mol. The summed E-state index contributed by atoms with van der Waals surface area (Å²) in [4.78, 5) is 4.49. The van der Waals surface area contributed by atoms with Crippen molar-refractivity contribution in [2.75, 3.05) is 13.1 Å². The highest BCUT2D eigenvalue weighted by Gasteiger charge is 2.22. The minimum absolute atomic E-state index is 0.198. The van der Waals surface area contributed by atoms with Gasteiger partial charge >= 0.3 is 0 Å². The van der Waals surface area contributed by atoms with Gasteiger partial charge in [0.15, 0.2) is 5.82 Å². The quantitative estimate of drug-likeness (QED) is 0.635. The molecule has 25 heavy (non-hydrogen) atoms. The highest BCUT2D eigenvalue weighted by atomic mass is 32.2. The van der Waals surface area contributed by atoms with E-state index in [0.29, 0.717) is 36.7 Å². The Morgan fingerprint density at radius 3 is 2.60 bits per heavy atom. The Labute approximate surface area is 145 Å². The minimum atomic E-state index is -3.55. The zero-order valence-electron chi connectivity index (χ0n) is 13.9. The summed E-state index contributed by atoms with van der Waals surface area (Å²) in [5, 5.41) is 7.52. The average molecular weight is 362 g/mol. The minimum Gasteiger partial charge on any atom is -0.361 e. The molecule has 0 atom stereocenters. The smallest absolute Gasteiger partial charge is 0.257 e. The molecule has 0 amide bonds. The summed E-state index contributed by atoms with van der Waals surface area (Å²) in [7, 11) is -3.55. The van der Waals surface area contributed by atoms with Crippen molar-refractivity contribution in [2.45, 2.75) is 25.2 Å². The lowest BCUT2D eigenvalue weighted by Gasteiger charge is -2.18. The molecule has 0 N–H and O–H groups in total. The molecular formula is C16H18N4O4S. The van der Waals surface area contributed by atoms with Crippen molar-refractivity contribution in [1.82, 2.24) is 19.6 Å². The maximum Gasteiger partial charge on any atom is 0.257 e. The standard InChI is InChI=1S/C16H18N4O4S/c1-3-20(4-2)25(21,22)14-7-5-6-12(10-14)16-18-15(19-24-16)11-13-8-9-17-23-13/h5-10H,3-4,11H2,1-2H3. The summed E-state index contributed by atoms with van der Waals surface area (Å²) in [6.07, 6.45) is 1.89. The van der Waals surface area contributed by atoms with Crippen molar-refractivity contribution in [1.29, 1.82) is 0 Å². The van der Waals surface area contributed by atoms with Gasteiger partial charge < -0.3 is 9.05 Å². The second kappa shape index (κ2) is 7.16. The van der Waals surface area contributed by atoms with Crippen molar-refractivity contribution in [3.63, 3.8) is 0 Å². The van der Waals surface area contributed by atoms with Crippen LogP contribution in [0.25, 0.3) is 11.5 Å². The molecule has 0 aliphatic carbocycles. The number of aromatic nitrogens is 3. The first-order valence-corrected chi connectivity index (χ1v) is 9.31. The van der Waals surface area contributed by atoms with Gasteiger partial charge in [-0.3, -0.25) is 0 Å². The first kappa shape index (κ1) is 17.3. The summed E-state index contributed by atoms with van der Waals surface area (Å²) in [5.41, 5.74) is 0.546. The zero-order chi connectivity index (χ0) is 17.9. The molecule has 9 heteroatoms. The third kappa shape index (κ3) is 3.62. The van der Waals surface area contributed by atoms with Crippen molar-refractivity contribution in [3.8, 4) is 11.5 Å². The summed E-state index contributed by atoms with van der Waals surface area (Å²) in [6, 6.07) is 8.20. The number of nitrogens with zero attached hydrogens (tertiary/aromatic N) is 4. The van der Waals surface area contributed by atoms with Gasteiger partial charge in [0.25, 0.3) is 5.89 Å². The molecule has 2 aromatic heterocycles. The molecule has 1 aromatic carbocycles. The predicted octanol–water partition coefficient (Wildman–Crippen LogP) is 2.35. The topological polar surface area (TPSA) is 102 Å². The summed E-state index contributed by atoms with van der Waals surface area (Å²) >= 11 is 0. The SMILES string of the molecule is CCN(CC)S(=O)(=O)c1cccc(-c2nc(Cc3ccno3)no2)c1. The van der Waals surface area contributed by atoms with Crippen molar-refractivity contribution in [2.24, 2.45) is 0 Å². The van der Waals surface area contributed by atoms with Crippen LogP contribution in [-0.2, 0) is 16.4 Å². The van der Waals surface area contributed by atoms with E-state index in [1.165, 1.54) is 10.5 Å². The molecule has 0 saturated heterocycles. The van der Waals surface area contributed by atoms with Crippen molar-refractivity contribution < 1.29 is 17.5 Å². The lowest BCUT2D eigenvalue weighted by atomic mass is 10.2. The predicted molar refractivity (Wildman–Crippen MR) is 89.1 cm³/mol. The lowest BCUT2D eigenvalue weighted by molar-refractivity contribution is 0.382. The second-order valence-electron chi connectivity index (χ2n) is 5.29. The van der Waals surface area contributed by atoms with Crippen molar-refractivity contribution >= 4 is 10.0 Å². The molecule has 0 fully saturated rings. The molecule has 0 spiro atoms. The van der Waals surface area contributed by atoms with E-state index in [9.17, 15) is 8.42 Å². The van der Waals surface area contributed by atoms with E-state index in [0.717, 1.165) is 0 Å². The highest BCUT2D eigenvalue weighted by Crippen LogP contribution is 2.23. The van der Waals surface area contributed by atoms with E-state index in [2.05, 4.69) is 15.3 Å². The summed E-state index contributed by atoms with van der Waals surface area (Å²) in [6.45, 7) is 4.42. The molecule has 0 radical (unpaired) electrons. The second-order valence-corrected chi connectivity index (χ2v) is 7.23. The fourth-order valence-corrected chi connectivity index (χ4v) is 3.94. The molecule has 0 aliphatic heterocycles. The van der Waals surface area contributed by atoms with Crippen molar-refractivity contribution in [3.05, 3.63) is 48.1 Å². The van der Waals surface area contributed by atoms with Gasteiger partial charge in [0.2, 0.25) is 10.0 Å². The van der Waals surface area contributed by atoms with Crippen LogP contribution in [0.1, 0.15) is 25.4 Å². The Morgan fingerprint density at radius 1 is 1.12 bits per heavy atom. The molecule has 0 unspecified atom stereocenters. The lowest BCUT2D eigenvalue weighted by Crippen LogP contribution is -2.30. The normalized spacial score (nSPS) is 12.0. The fourth-order valence-electron chi connectivity index (χ4n) is 2.43. The third-order valence-electron chi connectivity index (χ3n) is 3.72. The Kier molecular flexibility index (Phi) is 4.95. The maximum atomic E-state index is 12.6.